The molecule has 3 heterocycles. The first kappa shape index (κ1) is 13.8. The van der Waals surface area contributed by atoms with Crippen LogP contribution in [0.1, 0.15) is 0 Å². The van der Waals surface area contributed by atoms with E-state index in [9.17, 15) is 5.11 Å². The molecule has 7 heteroatoms. The fourth-order valence-electron chi connectivity index (χ4n) is 2.62. The molecule has 3 aromatic rings. The van der Waals surface area contributed by atoms with Crippen molar-refractivity contribution in [3.8, 4) is 17.1 Å². The second kappa shape index (κ2) is 5.77. The molecule has 2 aromatic heterocycles. The predicted octanol–water partition coefficient (Wildman–Crippen LogP) is 1.63. The second-order valence-corrected chi connectivity index (χ2v) is 5.25. The van der Waals surface area contributed by atoms with Crippen LogP contribution in [-0.4, -0.2) is 51.3 Å². The molecule has 1 N–H and O–H groups in total. The maximum absolute atomic E-state index is 9.70. The Morgan fingerprint density at radius 3 is 2.70 bits per heavy atom. The molecule has 0 amide bonds. The Bertz CT molecular complexity index is 849. The number of fused-ring (bicyclic) bond motifs is 1. The molecule has 4 rings (SSSR count). The molecule has 0 radical (unpaired) electrons. The highest BCUT2D eigenvalue weighted by molar-refractivity contribution is 5.84. The molecule has 1 saturated heterocycles. The van der Waals surface area contributed by atoms with Crippen molar-refractivity contribution in [1.82, 2.24) is 19.9 Å². The van der Waals surface area contributed by atoms with Gasteiger partial charge < -0.3 is 14.7 Å². The van der Waals surface area contributed by atoms with Gasteiger partial charge in [0.1, 0.15) is 5.75 Å². The number of anilines is 1. The lowest BCUT2D eigenvalue weighted by atomic mass is 10.2. The maximum atomic E-state index is 9.70. The molecule has 0 unspecified atom stereocenters. The average Bonchev–Trinajstić information content (AvgIpc) is 2.61. The van der Waals surface area contributed by atoms with E-state index in [1.807, 2.05) is 6.07 Å². The van der Waals surface area contributed by atoms with Gasteiger partial charge in [0.15, 0.2) is 22.8 Å². The van der Waals surface area contributed by atoms with E-state index in [2.05, 4.69) is 24.8 Å². The largest absolute Gasteiger partial charge is 0.508 e. The molecule has 1 aromatic carbocycles. The molecule has 23 heavy (non-hydrogen) atoms. The summed E-state index contributed by atoms with van der Waals surface area (Å²) in [6, 6.07) is 6.89. The molecule has 0 saturated carbocycles. The van der Waals surface area contributed by atoms with E-state index in [0.717, 1.165) is 24.5 Å². The van der Waals surface area contributed by atoms with Crippen LogP contribution < -0.4 is 4.90 Å². The Morgan fingerprint density at radius 2 is 1.87 bits per heavy atom. The van der Waals surface area contributed by atoms with Gasteiger partial charge in [-0.2, -0.15) is 0 Å². The number of rotatable bonds is 2. The van der Waals surface area contributed by atoms with Crippen molar-refractivity contribution < 1.29 is 9.84 Å². The summed E-state index contributed by atoms with van der Waals surface area (Å²) in [6.07, 6.45) is 3.26. The lowest BCUT2D eigenvalue weighted by Crippen LogP contribution is -2.37. The number of ether oxygens (including phenoxy) is 1. The van der Waals surface area contributed by atoms with Gasteiger partial charge in [0.05, 0.1) is 13.2 Å². The first-order valence-electron chi connectivity index (χ1n) is 7.42. The number of aromatic nitrogens is 4. The van der Waals surface area contributed by atoms with Crippen molar-refractivity contribution in [1.29, 1.82) is 0 Å². The Balaban J connectivity index is 1.89. The number of nitrogens with zero attached hydrogens (tertiary/aromatic N) is 5. The third-order valence-corrected chi connectivity index (χ3v) is 3.73. The normalized spacial score (nSPS) is 15.0. The quantitative estimate of drug-likeness (QED) is 0.770. The van der Waals surface area contributed by atoms with Gasteiger partial charge in [-0.1, -0.05) is 12.1 Å². The summed E-state index contributed by atoms with van der Waals surface area (Å²) in [5.41, 5.74) is 1.97. The molecule has 0 spiro atoms. The predicted molar refractivity (Wildman–Crippen MR) is 85.3 cm³/mol. The van der Waals surface area contributed by atoms with Gasteiger partial charge in [-0.05, 0) is 12.1 Å². The van der Waals surface area contributed by atoms with Gasteiger partial charge in [0.25, 0.3) is 0 Å². The summed E-state index contributed by atoms with van der Waals surface area (Å²) in [4.78, 5) is 20.0. The lowest BCUT2D eigenvalue weighted by molar-refractivity contribution is 0.122. The molecule has 1 fully saturated rings. The van der Waals surface area contributed by atoms with Crippen molar-refractivity contribution in [2.45, 2.75) is 0 Å². The van der Waals surface area contributed by atoms with Crippen LogP contribution in [0, 0.1) is 0 Å². The highest BCUT2D eigenvalue weighted by atomic mass is 16.5. The molecule has 0 bridgehead atoms. The molecule has 0 atom stereocenters. The first-order valence-corrected chi connectivity index (χ1v) is 7.42. The molecular weight excluding hydrogens is 294 g/mol. The highest BCUT2D eigenvalue weighted by Gasteiger charge is 2.19. The van der Waals surface area contributed by atoms with Gasteiger partial charge in [-0.25, -0.2) is 19.9 Å². The van der Waals surface area contributed by atoms with Crippen molar-refractivity contribution >= 4 is 17.0 Å². The number of morpholine rings is 1. The van der Waals surface area contributed by atoms with Crippen LogP contribution in [0.3, 0.4) is 0 Å². The Labute approximate surface area is 132 Å². The maximum Gasteiger partial charge on any atom is 0.184 e. The molecule has 116 valence electrons. The summed E-state index contributed by atoms with van der Waals surface area (Å²) < 4.78 is 5.41. The molecule has 1 aliphatic heterocycles. The monoisotopic (exact) mass is 309 g/mol. The molecule has 0 aliphatic carbocycles. The number of aromatic hydroxyl groups is 1. The van der Waals surface area contributed by atoms with E-state index in [-0.39, 0.29) is 5.75 Å². The Morgan fingerprint density at radius 1 is 1.04 bits per heavy atom. The molecular formula is C16H15N5O2. The van der Waals surface area contributed by atoms with E-state index >= 15 is 0 Å². The van der Waals surface area contributed by atoms with Gasteiger partial charge >= 0.3 is 0 Å². The van der Waals surface area contributed by atoms with Crippen LogP contribution in [0.5, 0.6) is 5.75 Å². The van der Waals surface area contributed by atoms with Gasteiger partial charge in [-0.3, -0.25) is 0 Å². The Hall–Kier alpha value is -2.80. The minimum absolute atomic E-state index is 0.179. The summed E-state index contributed by atoms with van der Waals surface area (Å²) in [7, 11) is 0. The number of phenolic OH excluding ortho intramolecular Hbond substituents is 1. The zero-order chi connectivity index (χ0) is 15.6. The minimum Gasteiger partial charge on any atom is -0.508 e. The van der Waals surface area contributed by atoms with Crippen LogP contribution in [0.25, 0.3) is 22.6 Å². The number of hydrogen-bond donors (Lipinski definition) is 1. The van der Waals surface area contributed by atoms with E-state index in [0.29, 0.717) is 30.2 Å². The van der Waals surface area contributed by atoms with Crippen LogP contribution in [0.15, 0.2) is 36.7 Å². The zero-order valence-corrected chi connectivity index (χ0v) is 12.4. The average molecular weight is 309 g/mol. The first-order chi connectivity index (χ1) is 11.3. The third-order valence-electron chi connectivity index (χ3n) is 3.73. The van der Waals surface area contributed by atoms with Crippen molar-refractivity contribution in [3.05, 3.63) is 36.7 Å². The summed E-state index contributed by atoms with van der Waals surface area (Å²) in [5, 5.41) is 9.70. The number of phenols is 1. The van der Waals surface area contributed by atoms with E-state index < -0.39 is 0 Å². The zero-order valence-electron chi connectivity index (χ0n) is 12.4. The van der Waals surface area contributed by atoms with Crippen molar-refractivity contribution in [3.63, 3.8) is 0 Å². The van der Waals surface area contributed by atoms with E-state index in [4.69, 9.17) is 4.74 Å². The fraction of sp³-hybridized carbons (Fsp3) is 0.250. The van der Waals surface area contributed by atoms with Gasteiger partial charge in [-0.15, -0.1) is 0 Å². The standard InChI is InChI=1S/C16H15N5O2/c22-12-3-1-2-11(10-12)14-19-15-13(17-4-5-18-15)16(20-14)21-6-8-23-9-7-21/h1-5,10,22H,6-9H2. The minimum atomic E-state index is 0.179. The smallest absolute Gasteiger partial charge is 0.184 e. The SMILES string of the molecule is Oc1cccc(-c2nc(N3CCOCC3)c3nccnc3n2)c1. The Kier molecular flexibility index (Phi) is 3.47. The van der Waals surface area contributed by atoms with E-state index in [1.165, 1.54) is 0 Å². The van der Waals surface area contributed by atoms with Crippen LogP contribution in [0.4, 0.5) is 5.82 Å². The van der Waals surface area contributed by atoms with E-state index in [1.54, 1.807) is 30.6 Å². The highest BCUT2D eigenvalue weighted by Crippen LogP contribution is 2.27. The summed E-state index contributed by atoms with van der Waals surface area (Å²) in [6.45, 7) is 2.82. The number of hydrogen-bond acceptors (Lipinski definition) is 7. The van der Waals surface area contributed by atoms with Crippen molar-refractivity contribution in [2.24, 2.45) is 0 Å². The topological polar surface area (TPSA) is 84.3 Å². The van der Waals surface area contributed by atoms with Crippen molar-refractivity contribution in [2.75, 3.05) is 31.2 Å². The van der Waals surface area contributed by atoms with Crippen LogP contribution >= 0.6 is 0 Å². The summed E-state index contributed by atoms with van der Waals surface area (Å²) in [5.74, 6) is 1.46. The number of benzene rings is 1. The van der Waals surface area contributed by atoms with Gasteiger partial charge in [0, 0.05) is 31.0 Å². The lowest BCUT2D eigenvalue weighted by Gasteiger charge is -2.28. The molecule has 7 nitrogen and oxygen atoms in total. The van der Waals surface area contributed by atoms with Crippen LogP contribution in [0.2, 0.25) is 0 Å². The fourth-order valence-corrected chi connectivity index (χ4v) is 2.62. The van der Waals surface area contributed by atoms with Gasteiger partial charge in [0.2, 0.25) is 0 Å². The molecule has 1 aliphatic rings. The summed E-state index contributed by atoms with van der Waals surface area (Å²) >= 11 is 0. The second-order valence-electron chi connectivity index (χ2n) is 5.25. The third kappa shape index (κ3) is 2.66. The van der Waals surface area contributed by atoms with Crippen LogP contribution in [-0.2, 0) is 4.74 Å².